The zero-order valence-electron chi connectivity index (χ0n) is 26.9. The second-order valence-corrected chi connectivity index (χ2v) is 14.3. The third-order valence-corrected chi connectivity index (χ3v) is 9.38. The molecule has 0 aliphatic carbocycles. The molecule has 3 aliphatic heterocycles. The number of fused-ring (bicyclic) bond motifs is 1. The topological polar surface area (TPSA) is 90.4 Å². The van der Waals surface area contributed by atoms with Crippen LogP contribution < -0.4 is 0 Å². The minimum Gasteiger partial charge on any atom is -0.394 e. The van der Waals surface area contributed by atoms with Gasteiger partial charge in [-0.05, 0) is 50.5 Å². The van der Waals surface area contributed by atoms with E-state index in [4.69, 9.17) is 4.74 Å². The van der Waals surface area contributed by atoms with E-state index in [-0.39, 0.29) is 29.7 Å². The van der Waals surface area contributed by atoms with E-state index in [2.05, 4.69) is 33.9 Å². The van der Waals surface area contributed by atoms with Crippen LogP contribution in [0.4, 0.5) is 0 Å². The molecule has 1 spiro atoms. The summed E-state index contributed by atoms with van der Waals surface area (Å²) in [6, 6.07) is 7.55. The number of hydrogen-bond donors (Lipinski definition) is 1. The van der Waals surface area contributed by atoms with Crippen LogP contribution in [0.5, 0.6) is 0 Å². The third-order valence-electron chi connectivity index (χ3n) is 9.38. The maximum absolute atomic E-state index is 15.0. The summed E-state index contributed by atoms with van der Waals surface area (Å²) in [6.07, 6.45) is 5.56. The molecule has 8 heteroatoms. The lowest BCUT2D eigenvalue weighted by molar-refractivity contribution is -0.156. The van der Waals surface area contributed by atoms with E-state index in [0.29, 0.717) is 32.5 Å². The average molecular weight is 594 g/mol. The molecule has 6 atom stereocenters. The SMILES string of the molecule is C=CCN(CCC)C(=O)[C@@H]1[C@H]2C(=O)N([C@H](CO)c3ccccc3)C(C(=O)N(CC=C)C(C)(C)CC(C)(C)C)C23CC[C@H]1O3. The highest BCUT2D eigenvalue weighted by atomic mass is 16.5. The fraction of sp³-hybridized carbons (Fsp3) is 0.629. The molecule has 1 aromatic carbocycles. The van der Waals surface area contributed by atoms with Crippen LogP contribution in [0.2, 0.25) is 0 Å². The Bertz CT molecular complexity index is 1210. The molecule has 1 aromatic rings. The van der Waals surface area contributed by atoms with Gasteiger partial charge in [0.05, 0.1) is 30.6 Å². The predicted octanol–water partition coefficient (Wildman–Crippen LogP) is 4.75. The van der Waals surface area contributed by atoms with E-state index >= 15 is 4.79 Å². The highest BCUT2D eigenvalue weighted by Gasteiger charge is 2.75. The van der Waals surface area contributed by atoms with Crippen molar-refractivity contribution < 1.29 is 24.2 Å². The lowest BCUT2D eigenvalue weighted by Gasteiger charge is -2.46. The second-order valence-electron chi connectivity index (χ2n) is 14.3. The zero-order valence-corrected chi connectivity index (χ0v) is 26.9. The molecule has 0 aromatic heterocycles. The second kappa shape index (κ2) is 12.6. The molecule has 1 N–H and O–H groups in total. The van der Waals surface area contributed by atoms with E-state index in [1.165, 1.54) is 0 Å². The van der Waals surface area contributed by atoms with Crippen LogP contribution in [-0.2, 0) is 19.1 Å². The summed E-state index contributed by atoms with van der Waals surface area (Å²) in [4.78, 5) is 49.0. The molecule has 4 rings (SSSR count). The molecule has 3 saturated heterocycles. The fourth-order valence-corrected chi connectivity index (χ4v) is 8.25. The smallest absolute Gasteiger partial charge is 0.249 e. The number of nitrogens with zero attached hydrogens (tertiary/aromatic N) is 3. The molecule has 3 aliphatic rings. The Labute approximate surface area is 257 Å². The number of ether oxygens (including phenoxy) is 1. The highest BCUT2D eigenvalue weighted by Crippen LogP contribution is 2.60. The van der Waals surface area contributed by atoms with Gasteiger partial charge < -0.3 is 24.5 Å². The number of aliphatic hydroxyl groups excluding tert-OH is 1. The van der Waals surface area contributed by atoms with Crippen LogP contribution >= 0.6 is 0 Å². The van der Waals surface area contributed by atoms with Crippen molar-refractivity contribution in [2.45, 2.75) is 96.6 Å². The van der Waals surface area contributed by atoms with Crippen molar-refractivity contribution in [2.24, 2.45) is 17.3 Å². The maximum atomic E-state index is 15.0. The normalized spacial score (nSPS) is 27.1. The summed E-state index contributed by atoms with van der Waals surface area (Å²) in [5, 5.41) is 10.8. The first-order chi connectivity index (χ1) is 20.3. The first-order valence-corrected chi connectivity index (χ1v) is 15.8. The first-order valence-electron chi connectivity index (χ1n) is 15.8. The summed E-state index contributed by atoms with van der Waals surface area (Å²) >= 11 is 0. The summed E-state index contributed by atoms with van der Waals surface area (Å²) < 4.78 is 6.74. The fourth-order valence-electron chi connectivity index (χ4n) is 8.25. The molecule has 2 bridgehead atoms. The molecule has 3 amide bonds. The third kappa shape index (κ3) is 5.93. The van der Waals surface area contributed by atoms with Crippen molar-refractivity contribution in [3.63, 3.8) is 0 Å². The number of carbonyl (C=O) groups is 3. The van der Waals surface area contributed by atoms with Gasteiger partial charge in [0.1, 0.15) is 11.6 Å². The van der Waals surface area contributed by atoms with E-state index in [1.54, 1.807) is 22.0 Å². The van der Waals surface area contributed by atoms with Gasteiger partial charge in [-0.2, -0.15) is 0 Å². The van der Waals surface area contributed by atoms with Crippen LogP contribution in [0, 0.1) is 17.3 Å². The standard InChI is InChI=1S/C35H51N3O5/c1-9-19-36(20-10-2)30(40)27-26-17-18-35(43-26)28(27)31(41)38(25(22-39)24-15-13-12-14-16-24)29(35)32(42)37(21-11-3)34(7,8)23-33(4,5)6/h9,11-16,25-29,39H,1,3,10,17-23H2,2,4-8H3/t25-,26-,27+,28+,29?,35?/m1/s1. The minimum atomic E-state index is -1.16. The minimum absolute atomic E-state index is 0.0689. The molecular formula is C35H51N3O5. The maximum Gasteiger partial charge on any atom is 0.249 e. The van der Waals surface area contributed by atoms with Gasteiger partial charge in [-0.1, -0.05) is 70.2 Å². The van der Waals surface area contributed by atoms with Gasteiger partial charge in [0.2, 0.25) is 17.7 Å². The number of hydrogen-bond acceptors (Lipinski definition) is 5. The van der Waals surface area contributed by atoms with E-state index in [9.17, 15) is 14.7 Å². The summed E-state index contributed by atoms with van der Waals surface area (Å²) in [7, 11) is 0. The largest absolute Gasteiger partial charge is 0.394 e. The Balaban J connectivity index is 1.86. The highest BCUT2D eigenvalue weighted by molar-refractivity contribution is 5.99. The van der Waals surface area contributed by atoms with Crippen LogP contribution in [0.15, 0.2) is 55.6 Å². The van der Waals surface area contributed by atoms with Crippen LogP contribution in [0.25, 0.3) is 0 Å². The van der Waals surface area contributed by atoms with E-state index in [0.717, 1.165) is 18.4 Å². The number of benzene rings is 1. The zero-order chi connectivity index (χ0) is 31.7. The lowest BCUT2D eigenvalue weighted by Crippen LogP contribution is -2.61. The molecule has 3 fully saturated rings. The van der Waals surface area contributed by atoms with Gasteiger partial charge in [-0.15, -0.1) is 13.2 Å². The molecule has 2 unspecified atom stereocenters. The molecule has 43 heavy (non-hydrogen) atoms. The van der Waals surface area contributed by atoms with Crippen molar-refractivity contribution in [3.05, 3.63) is 61.2 Å². The number of aliphatic hydroxyl groups is 1. The van der Waals surface area contributed by atoms with E-state index in [1.807, 2.05) is 56.0 Å². The molecule has 8 nitrogen and oxygen atoms in total. The molecular weight excluding hydrogens is 542 g/mol. The summed E-state index contributed by atoms with van der Waals surface area (Å²) in [6.45, 7) is 21.2. The van der Waals surface area contributed by atoms with Gasteiger partial charge in [-0.3, -0.25) is 14.4 Å². The van der Waals surface area contributed by atoms with Gasteiger partial charge in [0.15, 0.2) is 0 Å². The Morgan fingerprint density at radius 1 is 1.12 bits per heavy atom. The number of rotatable bonds is 13. The number of likely N-dealkylation sites (tertiary alicyclic amines) is 1. The van der Waals surface area contributed by atoms with Gasteiger partial charge in [0, 0.05) is 25.2 Å². The van der Waals surface area contributed by atoms with Gasteiger partial charge >= 0.3 is 0 Å². The van der Waals surface area contributed by atoms with E-state index < -0.39 is 41.2 Å². The molecule has 3 heterocycles. The molecule has 0 saturated carbocycles. The van der Waals surface area contributed by atoms with Crippen molar-refractivity contribution in [1.82, 2.24) is 14.7 Å². The number of amides is 3. The van der Waals surface area contributed by atoms with Crippen molar-refractivity contribution in [2.75, 3.05) is 26.2 Å². The quantitative estimate of drug-likeness (QED) is 0.334. The summed E-state index contributed by atoms with van der Waals surface area (Å²) in [5.41, 5.74) is -1.07. The lowest BCUT2D eigenvalue weighted by atomic mass is 9.70. The number of carbonyl (C=O) groups excluding carboxylic acids is 3. The van der Waals surface area contributed by atoms with Crippen LogP contribution in [0.1, 0.15) is 78.8 Å². The Morgan fingerprint density at radius 3 is 2.33 bits per heavy atom. The molecule has 236 valence electrons. The molecule has 0 radical (unpaired) electrons. The van der Waals surface area contributed by atoms with Crippen LogP contribution in [-0.4, -0.2) is 87.1 Å². The Morgan fingerprint density at radius 2 is 1.77 bits per heavy atom. The average Bonchev–Trinajstić information content (AvgIpc) is 3.58. The van der Waals surface area contributed by atoms with Crippen molar-refractivity contribution in [3.8, 4) is 0 Å². The van der Waals surface area contributed by atoms with Crippen LogP contribution in [0.3, 0.4) is 0 Å². The Kier molecular flexibility index (Phi) is 9.62. The van der Waals surface area contributed by atoms with Crippen molar-refractivity contribution >= 4 is 17.7 Å². The monoisotopic (exact) mass is 593 g/mol. The van der Waals surface area contributed by atoms with Gasteiger partial charge in [0.25, 0.3) is 0 Å². The Hall–Kier alpha value is -2.97. The predicted molar refractivity (Wildman–Crippen MR) is 168 cm³/mol. The first kappa shape index (κ1) is 32.9. The van der Waals surface area contributed by atoms with Gasteiger partial charge in [-0.25, -0.2) is 0 Å². The van der Waals surface area contributed by atoms with Crippen molar-refractivity contribution in [1.29, 1.82) is 0 Å². The summed E-state index contributed by atoms with van der Waals surface area (Å²) in [5.74, 6) is -2.17.